The molecule has 0 aliphatic heterocycles. The van der Waals surface area contributed by atoms with Crippen LogP contribution in [0.3, 0.4) is 0 Å². The molecule has 0 aliphatic rings. The Morgan fingerprint density at radius 1 is 0.917 bits per heavy atom. The minimum absolute atomic E-state index is 0.425. The first-order valence-corrected chi connectivity index (χ1v) is 3.10. The number of hydrogen-bond acceptors (Lipinski definition) is 6. The van der Waals surface area contributed by atoms with Gasteiger partial charge in [-0.25, -0.2) is 21.5 Å². The summed E-state index contributed by atoms with van der Waals surface area (Å²) in [6.07, 6.45) is 0. The van der Waals surface area contributed by atoms with Gasteiger partial charge in [-0.05, 0) is 12.1 Å². The van der Waals surface area contributed by atoms with E-state index in [1.807, 2.05) is 0 Å². The Morgan fingerprint density at radius 3 is 1.67 bits per heavy atom. The summed E-state index contributed by atoms with van der Waals surface area (Å²) in [6, 6.07) is 6.64. The molecule has 0 unspecified atom stereocenters. The van der Waals surface area contributed by atoms with E-state index < -0.39 is 0 Å². The average Bonchev–Trinajstić information content (AvgIpc) is 2.09. The number of nitrogens with one attached hydrogen (secondary N) is 2. The van der Waals surface area contributed by atoms with Crippen LogP contribution in [0.1, 0.15) is 0 Å². The Balaban J connectivity index is 2.77. The van der Waals surface area contributed by atoms with Crippen molar-refractivity contribution >= 4 is 11.4 Å². The fourth-order valence-corrected chi connectivity index (χ4v) is 0.759. The Bertz CT molecular complexity index is 218. The average molecular weight is 172 g/mol. The maximum Gasteiger partial charge on any atom is 0.0890 e. The molecule has 0 atom stereocenters. The molecular weight excluding hydrogens is 164 g/mol. The first kappa shape index (κ1) is 8.75. The standard InChI is InChI=1S/C6H8N2O4/c9-11-7-5-3-1-2-4-6(5)8-12-10/h1-4,7-10H. The van der Waals surface area contributed by atoms with Crippen LogP contribution in [0, 0.1) is 0 Å². The SMILES string of the molecule is OONc1ccccc1NOO. The minimum Gasteiger partial charge on any atom is -0.233 e. The van der Waals surface area contributed by atoms with Crippen LogP contribution in [0.25, 0.3) is 0 Å². The lowest BCUT2D eigenvalue weighted by atomic mass is 10.3. The normalized spacial score (nSPS) is 9.50. The Morgan fingerprint density at radius 2 is 1.33 bits per heavy atom. The van der Waals surface area contributed by atoms with Crippen molar-refractivity contribution in [2.24, 2.45) is 0 Å². The van der Waals surface area contributed by atoms with Crippen molar-refractivity contribution < 1.29 is 20.5 Å². The van der Waals surface area contributed by atoms with Crippen LogP contribution < -0.4 is 11.0 Å². The van der Waals surface area contributed by atoms with Gasteiger partial charge in [-0.1, -0.05) is 12.1 Å². The molecule has 12 heavy (non-hydrogen) atoms. The summed E-state index contributed by atoms with van der Waals surface area (Å²) in [5.74, 6) is 0. The van der Waals surface area contributed by atoms with E-state index in [9.17, 15) is 0 Å². The van der Waals surface area contributed by atoms with Gasteiger partial charge < -0.3 is 0 Å². The molecule has 4 N–H and O–H groups in total. The predicted octanol–water partition coefficient (Wildman–Crippen LogP) is 1.32. The molecule has 66 valence electrons. The number of hydrogen-bond donors (Lipinski definition) is 4. The summed E-state index contributed by atoms with van der Waals surface area (Å²) < 4.78 is 0. The second-order valence-electron chi connectivity index (χ2n) is 1.93. The first-order chi connectivity index (χ1) is 5.88. The third-order valence-corrected chi connectivity index (χ3v) is 1.24. The zero-order valence-electron chi connectivity index (χ0n) is 6.02. The van der Waals surface area contributed by atoms with Gasteiger partial charge in [0.1, 0.15) is 0 Å². The molecule has 0 aromatic heterocycles. The van der Waals surface area contributed by atoms with Crippen molar-refractivity contribution in [2.75, 3.05) is 11.0 Å². The lowest BCUT2D eigenvalue weighted by Crippen LogP contribution is -2.02. The largest absolute Gasteiger partial charge is 0.233 e. The van der Waals surface area contributed by atoms with Crippen LogP contribution in [0.2, 0.25) is 0 Å². The molecule has 6 nitrogen and oxygen atoms in total. The van der Waals surface area contributed by atoms with Crippen molar-refractivity contribution in [3.05, 3.63) is 24.3 Å². The van der Waals surface area contributed by atoms with Gasteiger partial charge in [-0.3, -0.25) is 0 Å². The number of benzene rings is 1. The first-order valence-electron chi connectivity index (χ1n) is 3.10. The lowest BCUT2D eigenvalue weighted by Gasteiger charge is -2.07. The second-order valence-corrected chi connectivity index (χ2v) is 1.93. The van der Waals surface area contributed by atoms with Crippen LogP contribution in [0.5, 0.6) is 0 Å². The van der Waals surface area contributed by atoms with Crippen LogP contribution in [-0.2, 0) is 9.98 Å². The summed E-state index contributed by atoms with van der Waals surface area (Å²) in [6.45, 7) is 0. The fraction of sp³-hybridized carbons (Fsp3) is 0. The molecule has 0 saturated heterocycles. The van der Waals surface area contributed by atoms with Crippen molar-refractivity contribution in [3.8, 4) is 0 Å². The monoisotopic (exact) mass is 172 g/mol. The van der Waals surface area contributed by atoms with Crippen molar-refractivity contribution in [1.29, 1.82) is 0 Å². The molecule has 1 aromatic rings. The van der Waals surface area contributed by atoms with Gasteiger partial charge >= 0.3 is 0 Å². The van der Waals surface area contributed by atoms with E-state index in [-0.39, 0.29) is 0 Å². The molecule has 6 heteroatoms. The molecule has 0 fully saturated rings. The number of para-hydroxylation sites is 2. The number of rotatable bonds is 4. The summed E-state index contributed by atoms with van der Waals surface area (Å²) in [4.78, 5) is 7.38. The third kappa shape index (κ3) is 2.07. The molecule has 0 bridgehead atoms. The molecule has 0 saturated carbocycles. The Hall–Kier alpha value is -1.34. The van der Waals surface area contributed by atoms with Gasteiger partial charge in [0.15, 0.2) is 0 Å². The Labute approximate surface area is 68.1 Å². The molecule has 0 amide bonds. The van der Waals surface area contributed by atoms with Gasteiger partial charge in [-0.15, -0.1) is 9.98 Å². The molecule has 1 aromatic carbocycles. The predicted molar refractivity (Wildman–Crippen MR) is 41.1 cm³/mol. The fourth-order valence-electron chi connectivity index (χ4n) is 0.759. The zero-order valence-corrected chi connectivity index (χ0v) is 6.02. The highest BCUT2D eigenvalue weighted by Gasteiger charge is 1.99. The second kappa shape index (κ2) is 4.52. The van der Waals surface area contributed by atoms with Gasteiger partial charge in [-0.2, -0.15) is 0 Å². The topological polar surface area (TPSA) is 83.0 Å². The third-order valence-electron chi connectivity index (χ3n) is 1.24. The van der Waals surface area contributed by atoms with Crippen molar-refractivity contribution in [3.63, 3.8) is 0 Å². The van der Waals surface area contributed by atoms with Crippen molar-refractivity contribution in [2.45, 2.75) is 0 Å². The molecule has 0 spiro atoms. The van der Waals surface area contributed by atoms with Crippen LogP contribution >= 0.6 is 0 Å². The van der Waals surface area contributed by atoms with Gasteiger partial charge in [0, 0.05) is 0 Å². The molecule has 0 radical (unpaired) electrons. The van der Waals surface area contributed by atoms with Crippen LogP contribution in [0.15, 0.2) is 24.3 Å². The van der Waals surface area contributed by atoms with Gasteiger partial charge in [0.2, 0.25) is 0 Å². The summed E-state index contributed by atoms with van der Waals surface area (Å²) >= 11 is 0. The van der Waals surface area contributed by atoms with Crippen LogP contribution in [0.4, 0.5) is 11.4 Å². The smallest absolute Gasteiger partial charge is 0.0890 e. The zero-order chi connectivity index (χ0) is 8.81. The summed E-state index contributed by atoms with van der Waals surface area (Å²) in [5.41, 5.74) is 5.18. The van der Waals surface area contributed by atoms with Gasteiger partial charge in [0.05, 0.1) is 11.4 Å². The number of anilines is 2. The Kier molecular flexibility index (Phi) is 3.30. The highest BCUT2D eigenvalue weighted by atomic mass is 17.2. The summed E-state index contributed by atoms with van der Waals surface area (Å²) in [7, 11) is 0. The molecule has 0 aliphatic carbocycles. The van der Waals surface area contributed by atoms with Crippen molar-refractivity contribution in [1.82, 2.24) is 0 Å². The van der Waals surface area contributed by atoms with E-state index in [2.05, 4.69) is 20.9 Å². The van der Waals surface area contributed by atoms with E-state index in [1.165, 1.54) is 0 Å². The highest BCUT2D eigenvalue weighted by molar-refractivity contribution is 5.66. The molecule has 1 rings (SSSR count). The summed E-state index contributed by atoms with van der Waals surface area (Å²) in [5, 5.41) is 16.1. The molecule has 0 heterocycles. The maximum absolute atomic E-state index is 8.07. The van der Waals surface area contributed by atoms with Crippen LogP contribution in [-0.4, -0.2) is 10.5 Å². The maximum atomic E-state index is 8.07. The van der Waals surface area contributed by atoms with E-state index >= 15 is 0 Å². The molecular formula is C6H8N2O4. The van der Waals surface area contributed by atoms with E-state index in [1.54, 1.807) is 24.3 Å². The van der Waals surface area contributed by atoms with E-state index in [0.717, 1.165) is 0 Å². The van der Waals surface area contributed by atoms with E-state index in [0.29, 0.717) is 11.4 Å². The quantitative estimate of drug-likeness (QED) is 0.405. The van der Waals surface area contributed by atoms with Gasteiger partial charge in [0.25, 0.3) is 0 Å². The highest BCUT2D eigenvalue weighted by Crippen LogP contribution is 2.19. The lowest BCUT2D eigenvalue weighted by molar-refractivity contribution is -0.218. The van der Waals surface area contributed by atoms with E-state index in [4.69, 9.17) is 10.5 Å². The minimum atomic E-state index is 0.425.